The van der Waals surface area contributed by atoms with Gasteiger partial charge in [0.15, 0.2) is 117 Å². The van der Waals surface area contributed by atoms with Gasteiger partial charge >= 0.3 is 40.3 Å². The quantitative estimate of drug-likeness (QED) is 0.0660. The summed E-state index contributed by atoms with van der Waals surface area (Å²) in [6.45, 7) is -31.1. The number of ether oxygens (including phenoxy) is 6. The van der Waals surface area contributed by atoms with E-state index in [0.29, 0.717) is 39.1 Å². The van der Waals surface area contributed by atoms with Gasteiger partial charge in [-0.3, -0.25) is 74.7 Å². The maximum atomic E-state index is 16.0. The van der Waals surface area contributed by atoms with Crippen molar-refractivity contribution in [3.63, 3.8) is 0 Å². The minimum atomic E-state index is -4.47. The molecule has 0 spiro atoms. The van der Waals surface area contributed by atoms with E-state index in [4.69, 9.17) is 207 Å². The molecule has 0 aromatic carbocycles. The topological polar surface area (TPSA) is 787 Å². The second-order valence-corrected chi connectivity index (χ2v) is 48.7. The van der Waals surface area contributed by atoms with E-state index in [1.165, 1.54) is 63.3 Å². The second-order valence-electron chi connectivity index (χ2n) is 32.0. The van der Waals surface area contributed by atoms with Gasteiger partial charge in [0.2, 0.25) is 17.8 Å². The predicted octanol–water partition coefficient (Wildman–Crippen LogP) is -1.57. The Hall–Kier alpha value is -9.00. The summed E-state index contributed by atoms with van der Waals surface area (Å²) in [7, 11) is 0. The van der Waals surface area contributed by atoms with Crippen LogP contribution in [0, 0.1) is 37.0 Å². The summed E-state index contributed by atoms with van der Waals surface area (Å²) in [5.41, 5.74) is 28.1. The maximum Gasteiger partial charge on any atom is 0.325 e. The highest BCUT2D eigenvalue weighted by Gasteiger charge is 2.64. The number of terminal acetylenes is 3. The van der Waals surface area contributed by atoms with Crippen LogP contribution in [-0.4, -0.2) is 296 Å². The number of nitrogens with one attached hydrogen (secondary N) is 3. The molecule has 0 aliphatic carbocycles. The maximum absolute atomic E-state index is 16.0. The number of hydrogen-bond acceptors (Lipinski definition) is 48. The monoisotopic (exact) mass is 2190 g/mol. The van der Waals surface area contributed by atoms with E-state index in [1.54, 1.807) is 12.1 Å². The summed E-state index contributed by atoms with van der Waals surface area (Å²) in [4.78, 5) is 152. The number of rotatable bonds is 6. The third-order valence-electron chi connectivity index (χ3n) is 23.2. The van der Waals surface area contributed by atoms with Gasteiger partial charge < -0.3 is 139 Å². The number of aromatic nitrogens is 21. The molecule has 12 aromatic heterocycles. The molecule has 6 bridgehead atoms. The number of hydrogen-bond donors (Lipinski definition) is 18. The fraction of sp³-hybridized carbons (Fsp3) is 0.435. The first-order valence-corrected chi connectivity index (χ1v) is 56.0. The number of aromatic amines is 3. The van der Waals surface area contributed by atoms with Gasteiger partial charge in [-0.05, 0) is 95.1 Å². The highest BCUT2D eigenvalue weighted by Crippen LogP contribution is 2.62. The number of imidazole rings is 4. The van der Waals surface area contributed by atoms with Crippen LogP contribution in [0.2, 0.25) is 0 Å². The van der Waals surface area contributed by atoms with Crippen LogP contribution in [0.3, 0.4) is 0 Å². The standard InChI is InChI=1S/3C23H24FN9O10P2S2/c1-2-23-8-39-45(37,47)42-15-12(24)11(40-21(15)33-18-13(30-31-33)19(35)29-22(26)28-18)7-38-44(36,46)43-16(23)14(34)20(41-23)32-6-4-9-10(25)3-5-27-17(9)32;2*1-2-23-6-39-45(37,47)42-15-11(24)10(40-21(15)33-8-29-13-18(33)30-22(26)31-19(13)35)5-38-44(36,46)43-16(23)14(34)20(41-23)32-7-28-12-9(25)3-4-27-17(12)32/h1,3-6,11-12,14-16,20-21,34H,7-8H2,(H2,25,27)(H,36,46)(H,37,47)(H3,26,28,29,35);2*1,3-4,7-8,10-11,14-16,20-21,34H,5-6H2,(H2,25,27)(H,36,46)(H,37,47)(H3,26,30,31,35)/t11-,12-,14-,15-,16+,20-,21-,23-,44?,45?;2*10-,11+,14-,15-,16+,20-,21-,23-,44?,45?/m111/s1. The number of pyridine rings is 3. The molecule has 141 heavy (non-hydrogen) atoms. The van der Waals surface area contributed by atoms with Gasteiger partial charge in [0.25, 0.3) is 16.7 Å². The first kappa shape index (κ1) is 101. The van der Waals surface area contributed by atoms with Crippen molar-refractivity contribution in [1.29, 1.82) is 0 Å². The lowest BCUT2D eigenvalue weighted by Crippen LogP contribution is -2.47. The first-order valence-electron chi connectivity index (χ1n) is 40.4. The SMILES string of the molecule is C#C[C@@]12COP(O)(=S)O[C@@H]3[C@@H](F)[C@@H](COP(O)(=S)O[C@H]1[C@@H](O)[C@H](n1cnc4c(N)ccnc41)O2)O[C@H]3n1cnc2c(=O)[nH]c(N)nc21.C#C[C@@]12COP(O)(=S)O[C@@H]3[C@@H](F)[C@@H](COP(O)(=S)O[C@H]1[C@@H](O)[C@H](n1cnc4c(N)ccnc41)O2)O[C@H]3n1cnc2c(=O)[nH]c(N)nc21.C#C[C@@]12COP(O)(=S)O[C@@H]3[C@H](F)[C@@H](COP(O)(=S)O[C@H]1[C@@H](O)[C@H](n1ccc4c(N)ccnc41)O2)O[C@H]3n1nnc2c(=O)[nH]c(N)nc21. The summed E-state index contributed by atoms with van der Waals surface area (Å²) >= 11 is 31.3. The molecular weight excluding hydrogens is 2120 g/mol. The number of fused-ring (bicyclic) bond motifs is 15. The molecule has 0 saturated carbocycles. The lowest BCUT2D eigenvalue weighted by Gasteiger charge is -2.33. The van der Waals surface area contributed by atoms with Crippen molar-refractivity contribution >= 4 is 213 Å². The molecule has 9 saturated heterocycles. The van der Waals surface area contributed by atoms with E-state index >= 15 is 13.2 Å². The van der Waals surface area contributed by atoms with Gasteiger partial charge in [-0.15, -0.1) is 24.4 Å². The van der Waals surface area contributed by atoms with E-state index in [2.05, 4.69) is 92.9 Å². The summed E-state index contributed by atoms with van der Waals surface area (Å²) in [6, 6.07) is 6.28. The van der Waals surface area contributed by atoms with Crippen molar-refractivity contribution in [2.45, 2.75) is 146 Å². The highest BCUT2D eigenvalue weighted by molar-refractivity contribution is 8.08. The Morgan fingerprint density at radius 3 is 1.10 bits per heavy atom. The smallest absolute Gasteiger partial charge is 0.325 e. The second kappa shape index (κ2) is 37.5. The van der Waals surface area contributed by atoms with Crippen LogP contribution in [0.1, 0.15) is 37.4 Å². The van der Waals surface area contributed by atoms with Crippen molar-refractivity contribution in [1.82, 2.24) is 103 Å². The van der Waals surface area contributed by atoms with E-state index in [1.807, 2.05) is 0 Å². The first-order chi connectivity index (χ1) is 66.7. The van der Waals surface area contributed by atoms with Crippen LogP contribution in [0.25, 0.3) is 66.9 Å². The van der Waals surface area contributed by atoms with E-state index < -0.39 is 243 Å². The molecule has 57 nitrogen and oxygen atoms in total. The molecule has 21 rings (SSSR count). The number of anilines is 6. The van der Waals surface area contributed by atoms with Crippen LogP contribution in [0.5, 0.6) is 0 Å². The van der Waals surface area contributed by atoms with Gasteiger partial charge in [0, 0.05) is 35.9 Å². The molecule has 0 amide bonds. The minimum absolute atomic E-state index is 0.0979. The van der Waals surface area contributed by atoms with Crippen molar-refractivity contribution in [3.05, 3.63) is 105 Å². The Morgan fingerprint density at radius 1 is 0.397 bits per heavy atom. The van der Waals surface area contributed by atoms with E-state index in [0.717, 1.165) is 26.5 Å². The number of halogens is 3. The van der Waals surface area contributed by atoms with Crippen molar-refractivity contribution < 1.29 is 141 Å². The highest BCUT2D eigenvalue weighted by atomic mass is 32.5. The molecule has 21 heterocycles. The molecular formula is C69H72F3N27O30P6S6. The molecule has 0 radical (unpaired) electrons. The van der Waals surface area contributed by atoms with Crippen molar-refractivity contribution in [2.75, 3.05) is 74.0 Å². The Balaban J connectivity index is 0.000000134. The lowest BCUT2D eigenvalue weighted by molar-refractivity contribution is -0.0918. The van der Waals surface area contributed by atoms with E-state index in [-0.39, 0.29) is 62.6 Å². The molecule has 6 unspecified atom stereocenters. The number of nitrogens with zero attached hydrogens (tertiary/aromatic N) is 18. The summed E-state index contributed by atoms with van der Waals surface area (Å²) < 4.78 is 158. The third-order valence-corrected chi connectivity index (χ3v) is 32.5. The molecule has 30 atom stereocenters. The molecule has 72 heteroatoms. The van der Waals surface area contributed by atoms with Gasteiger partial charge in [-0.25, -0.2) is 48.1 Å². The van der Waals surface area contributed by atoms with Crippen LogP contribution in [-0.2, 0) is 154 Å². The lowest BCUT2D eigenvalue weighted by atomic mass is 9.97. The van der Waals surface area contributed by atoms with Crippen molar-refractivity contribution in [2.24, 2.45) is 0 Å². The van der Waals surface area contributed by atoms with E-state index in [9.17, 15) is 59.1 Å². The average molecular weight is 2190 g/mol. The zero-order chi connectivity index (χ0) is 100. The van der Waals surface area contributed by atoms with Crippen LogP contribution in [0.15, 0.2) is 88.7 Å². The number of aliphatic hydroxyl groups is 3. The molecule has 12 aromatic rings. The molecule has 24 N–H and O–H groups in total. The minimum Gasteiger partial charge on any atom is -0.398 e. The largest absolute Gasteiger partial charge is 0.398 e. The number of nitrogens with two attached hydrogens (primary N) is 6. The fourth-order valence-electron chi connectivity index (χ4n) is 16.7. The molecule has 750 valence electrons. The Morgan fingerprint density at radius 2 is 0.716 bits per heavy atom. The molecule has 9 aliphatic rings. The summed E-state index contributed by atoms with van der Waals surface area (Å²) in [6.07, 6.45) is -6.24. The fourth-order valence-corrected chi connectivity index (χ4v) is 25.2. The summed E-state index contributed by atoms with van der Waals surface area (Å²) in [5, 5.41) is 42.6. The predicted molar refractivity (Wildman–Crippen MR) is 497 cm³/mol. The van der Waals surface area contributed by atoms with Crippen LogP contribution < -0.4 is 51.1 Å². The zero-order valence-corrected chi connectivity index (χ0v) is 80.7. The van der Waals surface area contributed by atoms with Gasteiger partial charge in [0.1, 0.15) is 89.9 Å². The van der Waals surface area contributed by atoms with Gasteiger partial charge in [-0.1, -0.05) is 23.0 Å². The number of H-pyrrole nitrogens is 3. The Bertz CT molecular complexity index is 6980. The zero-order valence-electron chi connectivity index (χ0n) is 70.4. The average Bonchev–Trinajstić information content (AvgIpc) is 1.58. The van der Waals surface area contributed by atoms with Crippen molar-refractivity contribution in [3.8, 4) is 37.0 Å². The normalized spacial score (nSPS) is 38.0. The van der Waals surface area contributed by atoms with Gasteiger partial charge in [-0.2, -0.15) is 19.6 Å². The third kappa shape index (κ3) is 18.6. The van der Waals surface area contributed by atoms with Gasteiger partial charge in [0.05, 0.1) is 76.3 Å². The summed E-state index contributed by atoms with van der Waals surface area (Å²) in [5.74, 6) is 6.22. The van der Waals surface area contributed by atoms with Crippen LogP contribution >= 0.6 is 40.3 Å². The molecule has 9 aliphatic heterocycles. The number of alkyl halides is 3. The Kier molecular flexibility index (Phi) is 26.8. The van der Waals surface area contributed by atoms with Crippen LogP contribution in [0.4, 0.5) is 48.1 Å². The number of nitrogen functional groups attached to an aromatic ring is 6. The molecule has 9 fully saturated rings. The Labute approximate surface area is 813 Å². The number of aliphatic hydroxyl groups excluding tert-OH is 3.